The van der Waals surface area contributed by atoms with Crippen molar-refractivity contribution in [1.29, 1.82) is 0 Å². The summed E-state index contributed by atoms with van der Waals surface area (Å²) in [6, 6.07) is 6.98. The first kappa shape index (κ1) is 14.8. The molecule has 1 aliphatic rings. The number of β-amino-alcohol motifs (C(OH)–C–C–N with tert-alkyl or cyclic N) is 1. The molecule has 2 N–H and O–H groups in total. The zero-order valence-electron chi connectivity index (χ0n) is 10.8. The van der Waals surface area contributed by atoms with E-state index in [2.05, 4.69) is 5.32 Å². The van der Waals surface area contributed by atoms with Crippen molar-refractivity contribution in [3.63, 3.8) is 0 Å². The van der Waals surface area contributed by atoms with Gasteiger partial charge in [0.2, 0.25) is 0 Å². The molecule has 1 aromatic carbocycles. The molecule has 1 fully saturated rings. The van der Waals surface area contributed by atoms with Crippen LogP contribution in [0.1, 0.15) is 25.0 Å². The number of benzene rings is 1. The molecule has 6 heteroatoms. The molecule has 106 valence electrons. The van der Waals surface area contributed by atoms with Crippen molar-refractivity contribution in [2.24, 2.45) is 0 Å². The summed E-state index contributed by atoms with van der Waals surface area (Å²) in [7, 11) is -2.93. The van der Waals surface area contributed by atoms with E-state index in [4.69, 9.17) is 11.6 Å². The summed E-state index contributed by atoms with van der Waals surface area (Å²) in [6.07, 6.45) is -0.0831. The predicted octanol–water partition coefficient (Wildman–Crippen LogP) is 1.54. The Bertz CT molecular complexity index is 544. The van der Waals surface area contributed by atoms with Crippen LogP contribution in [-0.2, 0) is 9.84 Å². The summed E-state index contributed by atoms with van der Waals surface area (Å²) in [5, 5.41) is 13.8. The van der Waals surface area contributed by atoms with Gasteiger partial charge in [0.05, 0.1) is 17.6 Å². The van der Waals surface area contributed by atoms with Crippen LogP contribution < -0.4 is 5.32 Å². The van der Waals surface area contributed by atoms with Gasteiger partial charge >= 0.3 is 0 Å². The standard InChI is InChI=1S/C13H18ClNO3S/c1-13(6-7-19(17,18)9-13)15-8-12(16)10-2-4-11(14)5-3-10/h2-5,12,15-16H,6-9H2,1H3. The zero-order valence-corrected chi connectivity index (χ0v) is 12.3. The monoisotopic (exact) mass is 303 g/mol. The Hall–Kier alpha value is -0.620. The first-order valence-corrected chi connectivity index (χ1v) is 8.39. The lowest BCUT2D eigenvalue weighted by atomic mass is 10.0. The summed E-state index contributed by atoms with van der Waals surface area (Å²) >= 11 is 5.79. The van der Waals surface area contributed by atoms with Crippen molar-refractivity contribution in [1.82, 2.24) is 5.32 Å². The van der Waals surface area contributed by atoms with Crippen molar-refractivity contribution in [2.45, 2.75) is 25.0 Å². The van der Waals surface area contributed by atoms with Gasteiger partial charge in [-0.25, -0.2) is 8.42 Å². The number of aliphatic hydroxyl groups is 1. The molecule has 0 radical (unpaired) electrons. The quantitative estimate of drug-likeness (QED) is 0.885. The molecule has 19 heavy (non-hydrogen) atoms. The van der Waals surface area contributed by atoms with E-state index in [9.17, 15) is 13.5 Å². The normalized spacial score (nSPS) is 27.3. The Morgan fingerprint density at radius 1 is 1.42 bits per heavy atom. The molecule has 0 amide bonds. The summed E-state index contributed by atoms with van der Waals surface area (Å²) in [6.45, 7) is 2.21. The maximum Gasteiger partial charge on any atom is 0.152 e. The van der Waals surface area contributed by atoms with Gasteiger partial charge in [-0.3, -0.25) is 0 Å². The number of nitrogens with one attached hydrogen (secondary N) is 1. The van der Waals surface area contributed by atoms with Crippen LogP contribution in [0.5, 0.6) is 0 Å². The highest BCUT2D eigenvalue weighted by Gasteiger charge is 2.38. The van der Waals surface area contributed by atoms with Gasteiger partial charge in [-0.15, -0.1) is 0 Å². The largest absolute Gasteiger partial charge is 0.387 e. The average molecular weight is 304 g/mol. The molecule has 0 aliphatic carbocycles. The molecule has 0 saturated carbocycles. The summed E-state index contributed by atoms with van der Waals surface area (Å²) in [4.78, 5) is 0. The lowest BCUT2D eigenvalue weighted by Gasteiger charge is -2.25. The van der Waals surface area contributed by atoms with Gasteiger partial charge in [0.15, 0.2) is 9.84 Å². The zero-order chi connectivity index (χ0) is 14.1. The van der Waals surface area contributed by atoms with E-state index in [-0.39, 0.29) is 11.5 Å². The van der Waals surface area contributed by atoms with Crippen LogP contribution in [0.15, 0.2) is 24.3 Å². The van der Waals surface area contributed by atoms with E-state index in [1.165, 1.54) is 0 Å². The molecular weight excluding hydrogens is 286 g/mol. The minimum atomic E-state index is -2.93. The highest BCUT2D eigenvalue weighted by atomic mass is 35.5. The van der Waals surface area contributed by atoms with E-state index in [0.717, 1.165) is 5.56 Å². The van der Waals surface area contributed by atoms with Crippen molar-refractivity contribution in [2.75, 3.05) is 18.1 Å². The number of rotatable bonds is 4. The molecule has 0 aromatic heterocycles. The third-order valence-electron chi connectivity index (χ3n) is 3.48. The van der Waals surface area contributed by atoms with Gasteiger partial charge in [-0.1, -0.05) is 23.7 Å². The van der Waals surface area contributed by atoms with Crippen molar-refractivity contribution >= 4 is 21.4 Å². The topological polar surface area (TPSA) is 66.4 Å². The highest BCUT2D eigenvalue weighted by molar-refractivity contribution is 7.91. The lowest BCUT2D eigenvalue weighted by Crippen LogP contribution is -2.45. The van der Waals surface area contributed by atoms with Gasteiger partial charge in [0.1, 0.15) is 0 Å². The summed E-state index contributed by atoms with van der Waals surface area (Å²) < 4.78 is 23.0. The van der Waals surface area contributed by atoms with Crippen molar-refractivity contribution < 1.29 is 13.5 Å². The number of aliphatic hydroxyl groups excluding tert-OH is 1. The van der Waals surface area contributed by atoms with E-state index in [1.807, 2.05) is 6.92 Å². The second-order valence-electron chi connectivity index (χ2n) is 5.35. The van der Waals surface area contributed by atoms with Crippen LogP contribution in [0.4, 0.5) is 0 Å². The maximum absolute atomic E-state index is 11.5. The van der Waals surface area contributed by atoms with E-state index in [0.29, 0.717) is 18.0 Å². The average Bonchev–Trinajstić information content (AvgIpc) is 2.62. The third-order valence-corrected chi connectivity index (χ3v) is 5.64. The van der Waals surface area contributed by atoms with Crippen molar-refractivity contribution in [3.8, 4) is 0 Å². The number of sulfone groups is 1. The molecule has 1 aliphatic heterocycles. The van der Waals surface area contributed by atoms with Crippen LogP contribution in [0, 0.1) is 0 Å². The molecular formula is C13H18ClNO3S. The number of hydrogen-bond acceptors (Lipinski definition) is 4. The molecule has 1 heterocycles. The third kappa shape index (κ3) is 3.92. The Morgan fingerprint density at radius 3 is 2.58 bits per heavy atom. The Balaban J connectivity index is 1.94. The van der Waals surface area contributed by atoms with E-state index >= 15 is 0 Å². The van der Waals surface area contributed by atoms with Gasteiger partial charge in [0, 0.05) is 17.1 Å². The molecule has 1 saturated heterocycles. The molecule has 2 rings (SSSR count). The van der Waals surface area contributed by atoms with Gasteiger partial charge in [0.25, 0.3) is 0 Å². The van der Waals surface area contributed by atoms with Crippen LogP contribution in [0.3, 0.4) is 0 Å². The van der Waals surface area contributed by atoms with Gasteiger partial charge in [-0.05, 0) is 31.0 Å². The van der Waals surface area contributed by atoms with E-state index in [1.54, 1.807) is 24.3 Å². The number of hydrogen-bond donors (Lipinski definition) is 2. The van der Waals surface area contributed by atoms with Crippen molar-refractivity contribution in [3.05, 3.63) is 34.9 Å². The second kappa shape index (κ2) is 5.40. The first-order chi connectivity index (χ1) is 8.80. The lowest BCUT2D eigenvalue weighted by molar-refractivity contribution is 0.161. The van der Waals surface area contributed by atoms with Gasteiger partial charge < -0.3 is 10.4 Å². The Kier molecular flexibility index (Phi) is 4.20. The molecule has 4 nitrogen and oxygen atoms in total. The van der Waals surface area contributed by atoms with Crippen LogP contribution in [-0.4, -0.2) is 37.1 Å². The minimum Gasteiger partial charge on any atom is -0.387 e. The fourth-order valence-electron chi connectivity index (χ4n) is 2.30. The summed E-state index contributed by atoms with van der Waals surface area (Å²) in [5.74, 6) is 0.348. The fourth-order valence-corrected chi connectivity index (χ4v) is 4.54. The highest BCUT2D eigenvalue weighted by Crippen LogP contribution is 2.24. The summed E-state index contributed by atoms with van der Waals surface area (Å²) in [5.41, 5.74) is 0.327. The predicted molar refractivity (Wildman–Crippen MR) is 76.1 cm³/mol. The van der Waals surface area contributed by atoms with Crippen LogP contribution >= 0.6 is 11.6 Å². The molecule has 1 aromatic rings. The van der Waals surface area contributed by atoms with E-state index < -0.39 is 21.5 Å². The Labute approximate surface area is 118 Å². The van der Waals surface area contributed by atoms with Crippen LogP contribution in [0.25, 0.3) is 0 Å². The second-order valence-corrected chi connectivity index (χ2v) is 7.97. The molecule has 2 atom stereocenters. The molecule has 0 spiro atoms. The molecule has 2 unspecified atom stereocenters. The first-order valence-electron chi connectivity index (χ1n) is 6.19. The Morgan fingerprint density at radius 2 is 2.05 bits per heavy atom. The SMILES string of the molecule is CC1(NCC(O)c2ccc(Cl)cc2)CCS(=O)(=O)C1. The fraction of sp³-hybridized carbons (Fsp3) is 0.538. The maximum atomic E-state index is 11.5. The smallest absolute Gasteiger partial charge is 0.152 e. The molecule has 0 bridgehead atoms. The van der Waals surface area contributed by atoms with Crippen LogP contribution in [0.2, 0.25) is 5.02 Å². The number of halogens is 1. The van der Waals surface area contributed by atoms with Gasteiger partial charge in [-0.2, -0.15) is 0 Å². The minimum absolute atomic E-state index is 0.132.